The number of alkyl halides is 3. The van der Waals surface area contributed by atoms with Gasteiger partial charge in [-0.2, -0.15) is 13.2 Å². The molecule has 0 aliphatic heterocycles. The van der Waals surface area contributed by atoms with E-state index in [1.54, 1.807) is 0 Å². The Morgan fingerprint density at radius 3 is 2.38 bits per heavy atom. The van der Waals surface area contributed by atoms with Gasteiger partial charge in [0.2, 0.25) is 0 Å². The molecule has 16 heavy (non-hydrogen) atoms. The Morgan fingerprint density at radius 2 is 1.81 bits per heavy atom. The van der Waals surface area contributed by atoms with Crippen molar-refractivity contribution in [2.45, 2.75) is 25.2 Å². The molecule has 0 fully saturated rings. The molecule has 1 unspecified atom stereocenters. The Balaban J connectivity index is 2.18. The Morgan fingerprint density at radius 1 is 1.19 bits per heavy atom. The fraction of sp³-hybridized carbons (Fsp3) is 0.455. The van der Waals surface area contributed by atoms with Crippen molar-refractivity contribution < 1.29 is 18.3 Å². The van der Waals surface area contributed by atoms with Crippen molar-refractivity contribution in [1.29, 1.82) is 0 Å². The van der Waals surface area contributed by atoms with Gasteiger partial charge in [-0.15, -0.1) is 0 Å². The van der Waals surface area contributed by atoms with Gasteiger partial charge in [-0.1, -0.05) is 30.3 Å². The molecule has 1 aromatic carbocycles. The summed E-state index contributed by atoms with van der Waals surface area (Å²) < 4.78 is 35.8. The molecule has 1 atom stereocenters. The van der Waals surface area contributed by atoms with E-state index in [0.717, 1.165) is 5.56 Å². The third-order valence-electron chi connectivity index (χ3n) is 2.14. The van der Waals surface area contributed by atoms with E-state index in [0.29, 0.717) is 6.54 Å². The molecule has 2 nitrogen and oxygen atoms in total. The van der Waals surface area contributed by atoms with Gasteiger partial charge in [-0.25, -0.2) is 0 Å². The minimum absolute atomic E-state index is 0.134. The third-order valence-corrected chi connectivity index (χ3v) is 2.14. The van der Waals surface area contributed by atoms with Crippen LogP contribution in [0.15, 0.2) is 30.3 Å². The summed E-state index contributed by atoms with van der Waals surface area (Å²) in [6, 6.07) is 9.36. The summed E-state index contributed by atoms with van der Waals surface area (Å²) in [4.78, 5) is 0. The molecule has 0 saturated carbocycles. The first-order valence-electron chi connectivity index (χ1n) is 4.99. The number of rotatable bonds is 5. The first-order valence-corrected chi connectivity index (χ1v) is 4.99. The molecule has 0 spiro atoms. The van der Waals surface area contributed by atoms with E-state index in [-0.39, 0.29) is 13.0 Å². The molecular weight excluding hydrogens is 219 g/mol. The zero-order valence-electron chi connectivity index (χ0n) is 8.67. The molecule has 2 N–H and O–H groups in total. The third kappa shape index (κ3) is 4.63. The molecule has 5 heteroatoms. The summed E-state index contributed by atoms with van der Waals surface area (Å²) in [5.74, 6) is 0. The average molecular weight is 233 g/mol. The van der Waals surface area contributed by atoms with Crippen molar-refractivity contribution in [3.8, 4) is 0 Å². The van der Waals surface area contributed by atoms with Crippen LogP contribution in [0, 0.1) is 0 Å². The number of benzene rings is 1. The molecule has 1 rings (SSSR count). The lowest BCUT2D eigenvalue weighted by atomic mass is 10.2. The monoisotopic (exact) mass is 233 g/mol. The van der Waals surface area contributed by atoms with Gasteiger partial charge in [0.05, 0.1) is 0 Å². The van der Waals surface area contributed by atoms with E-state index < -0.39 is 12.3 Å². The molecule has 1 aromatic rings. The molecule has 0 bridgehead atoms. The summed E-state index contributed by atoms with van der Waals surface area (Å²) in [5.41, 5.74) is 1.00. The normalized spacial score (nSPS) is 13.8. The number of hydrogen-bond donors (Lipinski definition) is 2. The van der Waals surface area contributed by atoms with Crippen molar-refractivity contribution in [2.75, 3.05) is 6.54 Å². The van der Waals surface area contributed by atoms with E-state index in [1.807, 2.05) is 30.3 Å². The fourth-order valence-electron chi connectivity index (χ4n) is 1.23. The van der Waals surface area contributed by atoms with Crippen LogP contribution in [0.1, 0.15) is 12.0 Å². The Labute approximate surface area is 92.1 Å². The molecule has 0 aromatic heterocycles. The van der Waals surface area contributed by atoms with Crippen molar-refractivity contribution in [1.82, 2.24) is 5.32 Å². The van der Waals surface area contributed by atoms with Crippen LogP contribution < -0.4 is 5.32 Å². The minimum atomic E-state index is -4.52. The minimum Gasteiger partial charge on any atom is -0.384 e. The zero-order valence-corrected chi connectivity index (χ0v) is 8.67. The first-order chi connectivity index (χ1) is 7.50. The van der Waals surface area contributed by atoms with Crippen LogP contribution in [0.5, 0.6) is 0 Å². The molecule has 0 amide bonds. The number of hydrogen-bond acceptors (Lipinski definition) is 2. The fourth-order valence-corrected chi connectivity index (χ4v) is 1.23. The van der Waals surface area contributed by atoms with Gasteiger partial charge >= 0.3 is 6.18 Å². The van der Waals surface area contributed by atoms with Crippen LogP contribution in [0.4, 0.5) is 13.2 Å². The number of aliphatic hydroxyl groups excluding tert-OH is 1. The van der Waals surface area contributed by atoms with Gasteiger partial charge in [0.1, 0.15) is 0 Å². The highest BCUT2D eigenvalue weighted by Gasteiger charge is 2.37. The molecule has 0 radical (unpaired) electrons. The SMILES string of the molecule is OC(CCNCc1ccccc1)C(F)(F)F. The van der Waals surface area contributed by atoms with Gasteiger partial charge in [0.15, 0.2) is 6.10 Å². The molecule has 0 aliphatic rings. The van der Waals surface area contributed by atoms with Crippen molar-refractivity contribution in [3.05, 3.63) is 35.9 Å². The second-order valence-corrected chi connectivity index (χ2v) is 3.51. The van der Waals surface area contributed by atoms with Gasteiger partial charge < -0.3 is 10.4 Å². The van der Waals surface area contributed by atoms with Gasteiger partial charge in [0.25, 0.3) is 0 Å². The maximum absolute atomic E-state index is 11.9. The topological polar surface area (TPSA) is 32.3 Å². The second kappa shape index (κ2) is 5.86. The largest absolute Gasteiger partial charge is 0.414 e. The highest BCUT2D eigenvalue weighted by Crippen LogP contribution is 2.21. The quantitative estimate of drug-likeness (QED) is 0.763. The van der Waals surface area contributed by atoms with E-state index in [2.05, 4.69) is 5.32 Å². The summed E-state index contributed by atoms with van der Waals surface area (Å²) in [7, 11) is 0. The van der Waals surface area contributed by atoms with Crippen LogP contribution in [-0.4, -0.2) is 23.9 Å². The standard InChI is InChI=1S/C11H14F3NO/c12-11(13,14)10(16)6-7-15-8-9-4-2-1-3-5-9/h1-5,10,15-16H,6-8H2. The molecule has 0 aliphatic carbocycles. The predicted molar refractivity (Wildman–Crippen MR) is 54.8 cm³/mol. The highest BCUT2D eigenvalue weighted by molar-refractivity contribution is 5.14. The maximum atomic E-state index is 11.9. The van der Waals surface area contributed by atoms with Crippen molar-refractivity contribution in [3.63, 3.8) is 0 Å². The summed E-state index contributed by atoms with van der Waals surface area (Å²) in [5, 5.41) is 11.6. The van der Waals surface area contributed by atoms with Gasteiger partial charge in [-0.05, 0) is 18.5 Å². The van der Waals surface area contributed by atoms with Crippen molar-refractivity contribution in [2.24, 2.45) is 0 Å². The lowest BCUT2D eigenvalue weighted by Gasteiger charge is -2.14. The van der Waals surface area contributed by atoms with E-state index in [9.17, 15) is 13.2 Å². The second-order valence-electron chi connectivity index (χ2n) is 3.51. The summed E-state index contributed by atoms with van der Waals surface area (Å²) in [6.07, 6.45) is -7.08. The van der Waals surface area contributed by atoms with Crippen LogP contribution in [0.25, 0.3) is 0 Å². The zero-order chi connectivity index (χ0) is 12.0. The molecule has 0 saturated heterocycles. The number of halogens is 3. The van der Waals surface area contributed by atoms with Crippen LogP contribution in [-0.2, 0) is 6.54 Å². The smallest absolute Gasteiger partial charge is 0.384 e. The van der Waals surface area contributed by atoms with Crippen LogP contribution in [0.2, 0.25) is 0 Å². The maximum Gasteiger partial charge on any atom is 0.414 e. The molecule has 90 valence electrons. The van der Waals surface area contributed by atoms with E-state index in [4.69, 9.17) is 5.11 Å². The highest BCUT2D eigenvalue weighted by atomic mass is 19.4. The molecular formula is C11H14F3NO. The molecule has 0 heterocycles. The number of nitrogens with one attached hydrogen (secondary N) is 1. The Hall–Kier alpha value is -1.07. The Bertz CT molecular complexity index is 300. The van der Waals surface area contributed by atoms with Crippen molar-refractivity contribution >= 4 is 0 Å². The predicted octanol–water partition coefficient (Wildman–Crippen LogP) is 2.09. The van der Waals surface area contributed by atoms with Crippen LogP contribution >= 0.6 is 0 Å². The number of aliphatic hydroxyl groups is 1. The Kier molecular flexibility index (Phi) is 4.76. The summed E-state index contributed by atoms with van der Waals surface area (Å²) >= 11 is 0. The van der Waals surface area contributed by atoms with E-state index >= 15 is 0 Å². The lowest BCUT2D eigenvalue weighted by Crippen LogP contribution is -2.32. The van der Waals surface area contributed by atoms with Gasteiger partial charge in [-0.3, -0.25) is 0 Å². The van der Waals surface area contributed by atoms with E-state index in [1.165, 1.54) is 0 Å². The summed E-state index contributed by atoms with van der Waals surface area (Å²) in [6.45, 7) is 0.640. The average Bonchev–Trinajstić information content (AvgIpc) is 2.24. The first kappa shape index (κ1) is 13.0. The lowest BCUT2D eigenvalue weighted by molar-refractivity contribution is -0.204. The van der Waals surface area contributed by atoms with Gasteiger partial charge in [0, 0.05) is 6.54 Å². The van der Waals surface area contributed by atoms with Crippen LogP contribution in [0.3, 0.4) is 0 Å².